The van der Waals surface area contributed by atoms with E-state index < -0.39 is 17.5 Å². The highest BCUT2D eigenvalue weighted by molar-refractivity contribution is 6.03. The smallest absolute Gasteiger partial charge is 0.274 e. The zero-order valence-electron chi connectivity index (χ0n) is 15.6. The van der Waals surface area contributed by atoms with E-state index in [4.69, 9.17) is 0 Å². The minimum absolute atomic E-state index is 0.0967. The Balaban J connectivity index is 2.01. The van der Waals surface area contributed by atoms with Gasteiger partial charge in [0.25, 0.3) is 5.91 Å². The number of aromatic nitrogens is 2. The lowest BCUT2D eigenvalue weighted by Crippen LogP contribution is -2.25. The van der Waals surface area contributed by atoms with E-state index in [0.29, 0.717) is 30.8 Å². The van der Waals surface area contributed by atoms with E-state index in [-0.39, 0.29) is 11.4 Å². The van der Waals surface area contributed by atoms with E-state index in [1.54, 1.807) is 6.07 Å². The maximum absolute atomic E-state index is 13.9. The number of hydrogen-bond donors (Lipinski definition) is 1. The van der Waals surface area contributed by atoms with Crippen molar-refractivity contribution < 1.29 is 13.6 Å². The number of anilines is 2. The highest BCUT2D eigenvalue weighted by Crippen LogP contribution is 2.22. The van der Waals surface area contributed by atoms with E-state index in [1.165, 1.54) is 6.07 Å². The minimum Gasteiger partial charge on any atom is -0.357 e. The second-order valence-corrected chi connectivity index (χ2v) is 6.05. The third-order valence-electron chi connectivity index (χ3n) is 4.24. The van der Waals surface area contributed by atoms with Crippen molar-refractivity contribution in [3.8, 4) is 11.4 Å². The Bertz CT molecular complexity index is 975. The Labute approximate surface area is 162 Å². The first-order valence-electron chi connectivity index (χ1n) is 8.97. The lowest BCUT2D eigenvalue weighted by atomic mass is 10.2. The molecule has 2 aromatic carbocycles. The number of rotatable bonds is 6. The van der Waals surface area contributed by atoms with Gasteiger partial charge in [-0.3, -0.25) is 4.79 Å². The van der Waals surface area contributed by atoms with Crippen LogP contribution in [0.4, 0.5) is 20.3 Å². The number of nitrogens with zero attached hydrogens (tertiary/aromatic N) is 3. The Morgan fingerprint density at radius 1 is 1.00 bits per heavy atom. The predicted octanol–water partition coefficient (Wildman–Crippen LogP) is 4.52. The summed E-state index contributed by atoms with van der Waals surface area (Å²) in [5.74, 6) is -1.17. The summed E-state index contributed by atoms with van der Waals surface area (Å²) in [4.78, 5) is 23.6. The van der Waals surface area contributed by atoms with Crippen LogP contribution in [0.5, 0.6) is 0 Å². The molecule has 0 spiro atoms. The number of benzene rings is 2. The third-order valence-corrected chi connectivity index (χ3v) is 4.24. The van der Waals surface area contributed by atoms with Crippen LogP contribution in [0.1, 0.15) is 24.3 Å². The van der Waals surface area contributed by atoms with Crippen LogP contribution in [0.15, 0.2) is 54.6 Å². The molecule has 0 saturated heterocycles. The summed E-state index contributed by atoms with van der Waals surface area (Å²) in [7, 11) is 0. The Kier molecular flexibility index (Phi) is 5.93. The highest BCUT2D eigenvalue weighted by Gasteiger charge is 2.17. The Morgan fingerprint density at radius 2 is 1.71 bits per heavy atom. The van der Waals surface area contributed by atoms with Crippen LogP contribution in [0, 0.1) is 11.6 Å². The first-order valence-corrected chi connectivity index (χ1v) is 8.97. The average Bonchev–Trinajstić information content (AvgIpc) is 2.71. The van der Waals surface area contributed by atoms with E-state index in [0.717, 1.165) is 11.6 Å². The summed E-state index contributed by atoms with van der Waals surface area (Å²) in [6.07, 6.45) is 0. The van der Waals surface area contributed by atoms with Crippen LogP contribution in [-0.4, -0.2) is 29.0 Å². The molecular weight excluding hydrogens is 362 g/mol. The van der Waals surface area contributed by atoms with Crippen LogP contribution >= 0.6 is 0 Å². The maximum Gasteiger partial charge on any atom is 0.274 e. The molecule has 1 amide bonds. The first-order chi connectivity index (χ1) is 13.5. The van der Waals surface area contributed by atoms with Gasteiger partial charge in [0.1, 0.15) is 23.1 Å². The maximum atomic E-state index is 13.9. The monoisotopic (exact) mass is 382 g/mol. The Morgan fingerprint density at radius 3 is 2.36 bits per heavy atom. The largest absolute Gasteiger partial charge is 0.357 e. The molecule has 3 rings (SSSR count). The number of nitrogens with one attached hydrogen (secondary N) is 1. The molecule has 0 unspecified atom stereocenters. The van der Waals surface area contributed by atoms with Crippen LogP contribution in [0.2, 0.25) is 0 Å². The van der Waals surface area contributed by atoms with Crippen molar-refractivity contribution in [2.24, 2.45) is 0 Å². The molecule has 0 aliphatic rings. The summed E-state index contributed by atoms with van der Waals surface area (Å²) in [5.41, 5.74) is 0.744. The van der Waals surface area contributed by atoms with Crippen LogP contribution in [-0.2, 0) is 0 Å². The van der Waals surface area contributed by atoms with Gasteiger partial charge in [0.2, 0.25) is 0 Å². The first kappa shape index (κ1) is 19.4. The van der Waals surface area contributed by atoms with Crippen molar-refractivity contribution in [3.05, 3.63) is 71.9 Å². The van der Waals surface area contributed by atoms with E-state index in [1.807, 2.05) is 49.1 Å². The molecule has 0 aliphatic carbocycles. The standard InChI is InChI=1S/C21H20F2N4O/c1-3-27(4-2)19-13-18(24-20(26-19)14-8-6-5-7-9-14)21(28)25-17-11-10-15(22)12-16(17)23/h5-13H,3-4H2,1-2H3,(H,25,28). The van der Waals surface area contributed by atoms with Crippen molar-refractivity contribution in [1.29, 1.82) is 0 Å². The molecule has 0 saturated carbocycles. The Hall–Kier alpha value is -3.35. The second-order valence-electron chi connectivity index (χ2n) is 6.05. The number of carbonyl (C=O) groups is 1. The van der Waals surface area contributed by atoms with E-state index in [9.17, 15) is 13.6 Å². The fourth-order valence-corrected chi connectivity index (χ4v) is 2.75. The lowest BCUT2D eigenvalue weighted by molar-refractivity contribution is 0.102. The number of carbonyl (C=O) groups excluding carboxylic acids is 1. The SMILES string of the molecule is CCN(CC)c1cc(C(=O)Nc2ccc(F)cc2F)nc(-c2ccccc2)n1. The summed E-state index contributed by atoms with van der Waals surface area (Å²) >= 11 is 0. The molecule has 7 heteroatoms. The minimum atomic E-state index is -0.852. The molecule has 0 atom stereocenters. The summed E-state index contributed by atoms with van der Waals surface area (Å²) in [6, 6.07) is 13.8. The number of hydrogen-bond acceptors (Lipinski definition) is 4. The topological polar surface area (TPSA) is 58.1 Å². The van der Waals surface area contributed by atoms with Gasteiger partial charge in [0, 0.05) is 30.8 Å². The summed E-state index contributed by atoms with van der Waals surface area (Å²) in [6.45, 7) is 5.38. The average molecular weight is 382 g/mol. The van der Waals surface area contributed by atoms with Crippen molar-refractivity contribution in [2.75, 3.05) is 23.3 Å². The molecule has 0 bridgehead atoms. The van der Waals surface area contributed by atoms with Gasteiger partial charge in [-0.05, 0) is 26.0 Å². The second kappa shape index (κ2) is 8.56. The molecule has 0 fully saturated rings. The van der Waals surface area contributed by atoms with Crippen molar-refractivity contribution >= 4 is 17.4 Å². The van der Waals surface area contributed by atoms with Gasteiger partial charge in [-0.15, -0.1) is 0 Å². The molecule has 0 aliphatic heterocycles. The molecule has 1 N–H and O–H groups in total. The van der Waals surface area contributed by atoms with Crippen LogP contribution in [0.3, 0.4) is 0 Å². The van der Waals surface area contributed by atoms with Crippen molar-refractivity contribution in [2.45, 2.75) is 13.8 Å². The molecule has 3 aromatic rings. The van der Waals surface area contributed by atoms with E-state index in [2.05, 4.69) is 15.3 Å². The fourth-order valence-electron chi connectivity index (χ4n) is 2.75. The summed E-state index contributed by atoms with van der Waals surface area (Å²) in [5, 5.41) is 2.45. The molecule has 5 nitrogen and oxygen atoms in total. The molecule has 28 heavy (non-hydrogen) atoms. The highest BCUT2D eigenvalue weighted by atomic mass is 19.1. The molecule has 1 heterocycles. The normalized spacial score (nSPS) is 10.6. The third kappa shape index (κ3) is 4.31. The lowest BCUT2D eigenvalue weighted by Gasteiger charge is -2.21. The zero-order chi connectivity index (χ0) is 20.1. The molecular formula is C21H20F2N4O. The van der Waals surface area contributed by atoms with Gasteiger partial charge >= 0.3 is 0 Å². The van der Waals surface area contributed by atoms with Crippen LogP contribution < -0.4 is 10.2 Å². The van der Waals surface area contributed by atoms with Crippen molar-refractivity contribution in [1.82, 2.24) is 9.97 Å². The molecule has 0 radical (unpaired) electrons. The molecule has 1 aromatic heterocycles. The molecule has 144 valence electrons. The van der Waals surface area contributed by atoms with Gasteiger partial charge in [-0.2, -0.15) is 0 Å². The number of halogens is 2. The van der Waals surface area contributed by atoms with Gasteiger partial charge in [0.05, 0.1) is 5.69 Å². The van der Waals surface area contributed by atoms with Crippen LogP contribution in [0.25, 0.3) is 11.4 Å². The number of amides is 1. The van der Waals surface area contributed by atoms with Gasteiger partial charge in [-0.25, -0.2) is 18.7 Å². The zero-order valence-corrected chi connectivity index (χ0v) is 15.6. The van der Waals surface area contributed by atoms with Crippen molar-refractivity contribution in [3.63, 3.8) is 0 Å². The van der Waals surface area contributed by atoms with E-state index >= 15 is 0 Å². The predicted molar refractivity (Wildman–Crippen MR) is 105 cm³/mol. The van der Waals surface area contributed by atoms with Gasteiger partial charge < -0.3 is 10.2 Å². The van der Waals surface area contributed by atoms with Gasteiger partial charge in [-0.1, -0.05) is 30.3 Å². The fraction of sp³-hybridized carbons (Fsp3) is 0.190. The quantitative estimate of drug-likeness (QED) is 0.681. The summed E-state index contributed by atoms with van der Waals surface area (Å²) < 4.78 is 27.0. The van der Waals surface area contributed by atoms with Gasteiger partial charge in [0.15, 0.2) is 5.82 Å².